The van der Waals surface area contributed by atoms with Gasteiger partial charge in [-0.15, -0.1) is 0 Å². The summed E-state index contributed by atoms with van der Waals surface area (Å²) in [5.41, 5.74) is 7.35. The molecule has 21 heavy (non-hydrogen) atoms. The zero-order chi connectivity index (χ0) is 15.5. The second kappa shape index (κ2) is 6.24. The van der Waals surface area contributed by atoms with Crippen molar-refractivity contribution >= 4 is 15.7 Å². The van der Waals surface area contributed by atoms with Gasteiger partial charge in [-0.3, -0.25) is 4.72 Å². The van der Waals surface area contributed by atoms with Gasteiger partial charge in [0.05, 0.1) is 0 Å². The van der Waals surface area contributed by atoms with E-state index < -0.39 is 15.8 Å². The monoisotopic (exact) mass is 308 g/mol. The van der Waals surface area contributed by atoms with Crippen LogP contribution in [0.3, 0.4) is 0 Å². The Kier molecular flexibility index (Phi) is 4.59. The molecule has 0 aromatic heterocycles. The number of hydrogen-bond acceptors (Lipinski definition) is 3. The third-order valence-corrected chi connectivity index (χ3v) is 4.52. The van der Waals surface area contributed by atoms with Crippen molar-refractivity contribution in [3.8, 4) is 0 Å². The van der Waals surface area contributed by atoms with Gasteiger partial charge in [0.2, 0.25) is 0 Å². The quantitative estimate of drug-likeness (QED) is 0.892. The Bertz CT molecular complexity index is 745. The van der Waals surface area contributed by atoms with Crippen LogP contribution in [0.25, 0.3) is 0 Å². The third-order valence-electron chi connectivity index (χ3n) is 3.11. The zero-order valence-corrected chi connectivity index (χ0v) is 12.5. The minimum absolute atomic E-state index is 0.156. The van der Waals surface area contributed by atoms with Crippen molar-refractivity contribution < 1.29 is 12.8 Å². The van der Waals surface area contributed by atoms with Crippen LogP contribution in [0.1, 0.15) is 18.1 Å². The predicted molar refractivity (Wildman–Crippen MR) is 80.9 cm³/mol. The van der Waals surface area contributed by atoms with E-state index in [-0.39, 0.29) is 11.4 Å². The van der Waals surface area contributed by atoms with Crippen molar-refractivity contribution in [2.45, 2.75) is 24.8 Å². The molecule has 3 N–H and O–H groups in total. The molecule has 0 amide bonds. The smallest absolute Gasteiger partial charge is 0.264 e. The average Bonchev–Trinajstić information content (AvgIpc) is 2.46. The lowest BCUT2D eigenvalue weighted by atomic mass is 10.1. The Morgan fingerprint density at radius 3 is 2.52 bits per heavy atom. The van der Waals surface area contributed by atoms with Gasteiger partial charge in [0.15, 0.2) is 0 Å². The van der Waals surface area contributed by atoms with E-state index in [1.54, 1.807) is 18.2 Å². The number of benzene rings is 2. The van der Waals surface area contributed by atoms with Crippen molar-refractivity contribution in [2.75, 3.05) is 4.72 Å². The Morgan fingerprint density at radius 1 is 1.14 bits per heavy atom. The van der Waals surface area contributed by atoms with Gasteiger partial charge in [0.25, 0.3) is 10.0 Å². The molecule has 0 aliphatic heterocycles. The second-order valence-electron chi connectivity index (χ2n) is 4.63. The molecule has 0 unspecified atom stereocenters. The Labute approximate surface area is 123 Å². The van der Waals surface area contributed by atoms with Crippen LogP contribution in [0, 0.1) is 5.82 Å². The van der Waals surface area contributed by atoms with E-state index in [2.05, 4.69) is 4.72 Å². The number of sulfonamides is 1. The molecule has 0 saturated heterocycles. The zero-order valence-electron chi connectivity index (χ0n) is 11.6. The van der Waals surface area contributed by atoms with Crippen LogP contribution in [-0.4, -0.2) is 8.42 Å². The highest BCUT2D eigenvalue weighted by atomic mass is 32.2. The molecule has 6 heteroatoms. The molecule has 0 radical (unpaired) electrons. The number of nitrogens with two attached hydrogens (primary N) is 1. The van der Waals surface area contributed by atoms with Crippen molar-refractivity contribution in [1.82, 2.24) is 0 Å². The molecule has 2 rings (SSSR count). The second-order valence-corrected chi connectivity index (χ2v) is 6.28. The van der Waals surface area contributed by atoms with Crippen molar-refractivity contribution in [3.63, 3.8) is 0 Å². The molecular weight excluding hydrogens is 291 g/mol. The lowest BCUT2D eigenvalue weighted by molar-refractivity contribution is 0.569. The van der Waals surface area contributed by atoms with Crippen LogP contribution in [0.2, 0.25) is 0 Å². The number of aryl methyl sites for hydroxylation is 1. The highest BCUT2D eigenvalue weighted by molar-refractivity contribution is 7.92. The molecular formula is C15H17FN2O2S. The largest absolute Gasteiger partial charge is 0.326 e. The first kappa shape index (κ1) is 15.5. The van der Waals surface area contributed by atoms with Crippen LogP contribution < -0.4 is 10.5 Å². The normalized spacial score (nSPS) is 11.4. The van der Waals surface area contributed by atoms with Crippen molar-refractivity contribution in [3.05, 3.63) is 59.4 Å². The van der Waals surface area contributed by atoms with Crippen LogP contribution in [0.4, 0.5) is 10.1 Å². The summed E-state index contributed by atoms with van der Waals surface area (Å²) < 4.78 is 40.8. The fourth-order valence-corrected chi connectivity index (χ4v) is 3.06. The maximum atomic E-state index is 13.9. The Hall–Kier alpha value is -1.92. The minimum atomic E-state index is -3.96. The van der Waals surface area contributed by atoms with Crippen molar-refractivity contribution in [2.24, 2.45) is 5.73 Å². The number of anilines is 1. The van der Waals surface area contributed by atoms with Crippen LogP contribution in [0.5, 0.6) is 0 Å². The molecule has 0 aliphatic rings. The molecule has 112 valence electrons. The summed E-state index contributed by atoms with van der Waals surface area (Å²) in [7, 11) is -3.96. The summed E-state index contributed by atoms with van der Waals surface area (Å²) in [6.07, 6.45) is 0.787. The lowest BCUT2D eigenvalue weighted by Crippen LogP contribution is -2.15. The first-order valence-electron chi connectivity index (χ1n) is 6.56. The molecule has 0 heterocycles. The van der Waals surface area contributed by atoms with Crippen LogP contribution >= 0.6 is 0 Å². The van der Waals surface area contributed by atoms with Gasteiger partial charge < -0.3 is 5.73 Å². The van der Waals surface area contributed by atoms with Crippen LogP contribution in [0.15, 0.2) is 47.4 Å². The molecule has 0 spiro atoms. The summed E-state index contributed by atoms with van der Waals surface area (Å²) in [5, 5.41) is 0. The molecule has 0 saturated carbocycles. The van der Waals surface area contributed by atoms with Crippen molar-refractivity contribution in [1.29, 1.82) is 0 Å². The fraction of sp³-hybridized carbons (Fsp3) is 0.200. The minimum Gasteiger partial charge on any atom is -0.326 e. The fourth-order valence-electron chi connectivity index (χ4n) is 1.95. The van der Waals surface area contributed by atoms with E-state index in [0.717, 1.165) is 18.1 Å². The number of halogens is 1. The number of nitrogens with one attached hydrogen (secondary N) is 1. The molecule has 0 fully saturated rings. The van der Waals surface area contributed by atoms with Gasteiger partial charge in [0, 0.05) is 12.2 Å². The van der Waals surface area contributed by atoms with Gasteiger partial charge in [0.1, 0.15) is 10.7 Å². The summed E-state index contributed by atoms with van der Waals surface area (Å²) in [6.45, 7) is 2.13. The Morgan fingerprint density at radius 2 is 1.90 bits per heavy atom. The maximum absolute atomic E-state index is 13.9. The predicted octanol–water partition coefficient (Wildman–Crippen LogP) is 2.65. The molecule has 4 nitrogen and oxygen atoms in total. The third kappa shape index (κ3) is 3.59. The van der Waals surface area contributed by atoms with E-state index in [0.29, 0.717) is 11.3 Å². The van der Waals surface area contributed by atoms with E-state index in [1.807, 2.05) is 13.0 Å². The van der Waals surface area contributed by atoms with Gasteiger partial charge in [-0.25, -0.2) is 12.8 Å². The van der Waals surface area contributed by atoms with E-state index in [1.165, 1.54) is 12.1 Å². The first-order valence-corrected chi connectivity index (χ1v) is 8.05. The summed E-state index contributed by atoms with van der Waals surface area (Å²) in [6, 6.07) is 10.9. The van der Waals surface area contributed by atoms with Gasteiger partial charge in [-0.05, 0) is 41.8 Å². The standard InChI is InChI=1S/C15H17FN2O2S/c1-2-11-4-3-5-13(8-11)18-21(19,20)15-7-6-12(10-17)9-14(15)16/h3-9,18H,2,10,17H2,1H3. The number of rotatable bonds is 5. The van der Waals surface area contributed by atoms with E-state index >= 15 is 0 Å². The van der Waals surface area contributed by atoms with Gasteiger partial charge >= 0.3 is 0 Å². The SMILES string of the molecule is CCc1cccc(NS(=O)(=O)c2ccc(CN)cc2F)c1. The molecule has 2 aromatic carbocycles. The molecule has 0 atom stereocenters. The average molecular weight is 308 g/mol. The summed E-state index contributed by atoms with van der Waals surface area (Å²) in [5.74, 6) is -0.808. The highest BCUT2D eigenvalue weighted by Gasteiger charge is 2.19. The van der Waals surface area contributed by atoms with E-state index in [4.69, 9.17) is 5.73 Å². The molecule has 2 aromatic rings. The van der Waals surface area contributed by atoms with Gasteiger partial charge in [-0.2, -0.15) is 0 Å². The molecule has 0 bridgehead atoms. The first-order chi connectivity index (χ1) is 9.96. The highest BCUT2D eigenvalue weighted by Crippen LogP contribution is 2.20. The number of hydrogen-bond donors (Lipinski definition) is 2. The maximum Gasteiger partial charge on any atom is 0.264 e. The van der Waals surface area contributed by atoms with Gasteiger partial charge in [-0.1, -0.05) is 25.1 Å². The molecule has 0 aliphatic carbocycles. The lowest BCUT2D eigenvalue weighted by Gasteiger charge is -2.10. The van der Waals surface area contributed by atoms with E-state index in [9.17, 15) is 12.8 Å². The summed E-state index contributed by atoms with van der Waals surface area (Å²) >= 11 is 0. The summed E-state index contributed by atoms with van der Waals surface area (Å²) in [4.78, 5) is -0.387. The topological polar surface area (TPSA) is 72.2 Å². The Balaban J connectivity index is 2.33. The van der Waals surface area contributed by atoms with Crippen LogP contribution in [-0.2, 0) is 23.0 Å².